The van der Waals surface area contributed by atoms with E-state index in [-0.39, 0.29) is 11.9 Å². The van der Waals surface area contributed by atoms with Gasteiger partial charge in [-0.3, -0.25) is 9.69 Å². The summed E-state index contributed by atoms with van der Waals surface area (Å²) >= 11 is 0. The summed E-state index contributed by atoms with van der Waals surface area (Å²) < 4.78 is 17.7. The van der Waals surface area contributed by atoms with Crippen molar-refractivity contribution in [1.82, 2.24) is 4.90 Å². The molecule has 0 amide bonds. The molecule has 0 aliphatic carbocycles. The Morgan fingerprint density at radius 3 is 2.85 bits per heavy atom. The molecular formula is C22H21NO4. The molecule has 0 bridgehead atoms. The van der Waals surface area contributed by atoms with E-state index < -0.39 is 0 Å². The topological polar surface area (TPSA) is 48.0 Å². The molecule has 1 saturated heterocycles. The summed E-state index contributed by atoms with van der Waals surface area (Å²) in [5.74, 6) is 1.72. The molecule has 0 N–H and O–H groups in total. The minimum Gasteiger partial charge on any atom is -0.478 e. The lowest BCUT2D eigenvalue weighted by Crippen LogP contribution is -2.37. The van der Waals surface area contributed by atoms with Crippen LogP contribution < -0.4 is 9.47 Å². The molecule has 27 heavy (non-hydrogen) atoms. The predicted octanol–water partition coefficient (Wildman–Crippen LogP) is 3.63. The predicted molar refractivity (Wildman–Crippen MR) is 101 cm³/mol. The lowest BCUT2D eigenvalue weighted by Gasteiger charge is -2.31. The van der Waals surface area contributed by atoms with Crippen LogP contribution in [0.5, 0.6) is 11.5 Å². The van der Waals surface area contributed by atoms with Gasteiger partial charge in [0, 0.05) is 19.7 Å². The summed E-state index contributed by atoms with van der Waals surface area (Å²) in [6.07, 6.45) is 4.27. The van der Waals surface area contributed by atoms with Crippen LogP contribution in [-0.2, 0) is 11.3 Å². The van der Waals surface area contributed by atoms with E-state index in [1.807, 2.05) is 36.4 Å². The van der Waals surface area contributed by atoms with Crippen LogP contribution in [-0.4, -0.2) is 36.7 Å². The average Bonchev–Trinajstić information content (AvgIpc) is 3.31. The smallest absolute Gasteiger partial charge is 0.231 e. The first-order valence-corrected chi connectivity index (χ1v) is 9.40. The van der Waals surface area contributed by atoms with E-state index in [1.54, 1.807) is 12.1 Å². The molecule has 0 spiro atoms. The molecule has 3 aliphatic heterocycles. The SMILES string of the molecule is O=C1/C(=C/c2ccccc2)Oc2c1ccc1c2CN(CC2CCCO2)CO1. The number of carbonyl (C=O) groups is 1. The van der Waals surface area contributed by atoms with Crippen LogP contribution in [0.3, 0.4) is 0 Å². The maximum absolute atomic E-state index is 12.8. The molecule has 5 nitrogen and oxygen atoms in total. The quantitative estimate of drug-likeness (QED) is 0.780. The molecule has 1 atom stereocenters. The van der Waals surface area contributed by atoms with Gasteiger partial charge in [-0.2, -0.15) is 0 Å². The minimum atomic E-state index is -0.0760. The van der Waals surface area contributed by atoms with Crippen LogP contribution in [0, 0.1) is 0 Å². The molecule has 0 saturated carbocycles. The van der Waals surface area contributed by atoms with Gasteiger partial charge in [0.2, 0.25) is 5.78 Å². The molecule has 2 aromatic rings. The summed E-state index contributed by atoms with van der Waals surface area (Å²) in [7, 11) is 0. The number of allylic oxidation sites excluding steroid dienone is 1. The monoisotopic (exact) mass is 363 g/mol. The van der Waals surface area contributed by atoms with E-state index in [4.69, 9.17) is 14.2 Å². The van der Waals surface area contributed by atoms with Gasteiger partial charge >= 0.3 is 0 Å². The molecule has 2 aromatic carbocycles. The summed E-state index contributed by atoms with van der Waals surface area (Å²) in [6.45, 7) is 2.91. The fourth-order valence-corrected chi connectivity index (χ4v) is 3.90. The Kier molecular flexibility index (Phi) is 4.19. The van der Waals surface area contributed by atoms with Crippen LogP contribution in [0.15, 0.2) is 48.2 Å². The highest BCUT2D eigenvalue weighted by Gasteiger charge is 2.34. The van der Waals surface area contributed by atoms with E-state index >= 15 is 0 Å². The van der Waals surface area contributed by atoms with Gasteiger partial charge in [0.25, 0.3) is 0 Å². The number of hydrogen-bond acceptors (Lipinski definition) is 5. The Morgan fingerprint density at radius 2 is 2.04 bits per heavy atom. The van der Waals surface area contributed by atoms with Gasteiger partial charge in [-0.1, -0.05) is 30.3 Å². The molecule has 5 rings (SSSR count). The second-order valence-corrected chi connectivity index (χ2v) is 7.19. The third-order valence-electron chi connectivity index (χ3n) is 5.27. The number of nitrogens with zero attached hydrogens (tertiary/aromatic N) is 1. The van der Waals surface area contributed by atoms with Crippen molar-refractivity contribution in [3.63, 3.8) is 0 Å². The highest BCUT2D eigenvalue weighted by molar-refractivity contribution is 6.15. The van der Waals surface area contributed by atoms with Crippen molar-refractivity contribution in [2.45, 2.75) is 25.5 Å². The Hall–Kier alpha value is -2.63. The van der Waals surface area contributed by atoms with Gasteiger partial charge in [0.1, 0.15) is 18.2 Å². The van der Waals surface area contributed by atoms with Crippen molar-refractivity contribution in [2.75, 3.05) is 19.9 Å². The van der Waals surface area contributed by atoms with Crippen molar-refractivity contribution >= 4 is 11.9 Å². The number of carbonyl (C=O) groups excluding carboxylic acids is 1. The zero-order chi connectivity index (χ0) is 18.2. The van der Waals surface area contributed by atoms with Gasteiger partial charge in [0.05, 0.1) is 17.2 Å². The van der Waals surface area contributed by atoms with Gasteiger partial charge in [-0.25, -0.2) is 0 Å². The van der Waals surface area contributed by atoms with E-state index in [0.29, 0.717) is 30.3 Å². The number of benzene rings is 2. The second-order valence-electron chi connectivity index (χ2n) is 7.19. The van der Waals surface area contributed by atoms with E-state index in [2.05, 4.69) is 4.90 Å². The first kappa shape index (κ1) is 16.5. The Morgan fingerprint density at radius 1 is 1.15 bits per heavy atom. The molecule has 0 radical (unpaired) electrons. The van der Waals surface area contributed by atoms with Crippen LogP contribution in [0.4, 0.5) is 0 Å². The van der Waals surface area contributed by atoms with Crippen LogP contribution >= 0.6 is 0 Å². The normalized spacial score (nSPS) is 23.0. The van der Waals surface area contributed by atoms with Gasteiger partial charge < -0.3 is 14.2 Å². The zero-order valence-electron chi connectivity index (χ0n) is 15.0. The van der Waals surface area contributed by atoms with Crippen LogP contribution in [0.25, 0.3) is 6.08 Å². The number of ether oxygens (including phenoxy) is 3. The van der Waals surface area contributed by atoms with Crippen molar-refractivity contribution in [2.24, 2.45) is 0 Å². The highest BCUT2D eigenvalue weighted by atomic mass is 16.5. The lowest BCUT2D eigenvalue weighted by atomic mass is 10.0. The number of hydrogen-bond donors (Lipinski definition) is 0. The molecule has 3 aliphatic rings. The number of ketones is 1. The Balaban J connectivity index is 1.42. The Bertz CT molecular complexity index is 900. The van der Waals surface area contributed by atoms with E-state index in [1.165, 1.54) is 0 Å². The Labute approximate surface area is 158 Å². The van der Waals surface area contributed by atoms with Gasteiger partial charge in [-0.15, -0.1) is 0 Å². The number of rotatable bonds is 3. The third kappa shape index (κ3) is 3.13. The summed E-state index contributed by atoms with van der Waals surface area (Å²) in [5.41, 5.74) is 2.50. The summed E-state index contributed by atoms with van der Waals surface area (Å²) in [4.78, 5) is 15.0. The number of Topliss-reactive ketones (excluding diaryl/α,β-unsaturated/α-hetero) is 1. The van der Waals surface area contributed by atoms with Crippen molar-refractivity contribution < 1.29 is 19.0 Å². The fourth-order valence-electron chi connectivity index (χ4n) is 3.90. The fraction of sp³-hybridized carbons (Fsp3) is 0.318. The minimum absolute atomic E-state index is 0.0760. The lowest BCUT2D eigenvalue weighted by molar-refractivity contribution is 0.0274. The summed E-state index contributed by atoms with van der Waals surface area (Å²) in [5, 5.41) is 0. The van der Waals surface area contributed by atoms with Crippen LogP contribution in [0.2, 0.25) is 0 Å². The average molecular weight is 363 g/mol. The maximum atomic E-state index is 12.8. The van der Waals surface area contributed by atoms with Crippen LogP contribution in [0.1, 0.15) is 34.3 Å². The van der Waals surface area contributed by atoms with Crippen molar-refractivity contribution in [1.29, 1.82) is 0 Å². The zero-order valence-corrected chi connectivity index (χ0v) is 15.0. The van der Waals surface area contributed by atoms with E-state index in [0.717, 1.165) is 42.9 Å². The van der Waals surface area contributed by atoms with Gasteiger partial charge in [0.15, 0.2) is 5.76 Å². The molecule has 1 unspecified atom stereocenters. The van der Waals surface area contributed by atoms with Crippen molar-refractivity contribution in [3.05, 3.63) is 64.9 Å². The number of fused-ring (bicyclic) bond motifs is 3. The van der Waals surface area contributed by atoms with Crippen molar-refractivity contribution in [3.8, 4) is 11.5 Å². The van der Waals surface area contributed by atoms with Gasteiger partial charge in [-0.05, 0) is 36.6 Å². The maximum Gasteiger partial charge on any atom is 0.231 e. The summed E-state index contributed by atoms with van der Waals surface area (Å²) in [6, 6.07) is 13.4. The second kappa shape index (κ2) is 6.83. The molecule has 3 heterocycles. The molecule has 138 valence electrons. The largest absolute Gasteiger partial charge is 0.478 e. The first-order chi connectivity index (χ1) is 13.3. The van der Waals surface area contributed by atoms with E-state index in [9.17, 15) is 4.79 Å². The highest BCUT2D eigenvalue weighted by Crippen LogP contribution is 2.42. The molecular weight excluding hydrogens is 342 g/mol. The first-order valence-electron chi connectivity index (χ1n) is 9.40. The standard InChI is InChI=1S/C22H21NO4/c24-21-17-8-9-19-18(13-23(14-26-19)12-16-7-4-10-25-16)22(17)27-20(21)11-15-5-2-1-3-6-15/h1-3,5-6,8-9,11,16H,4,7,10,12-14H2/b20-11-. The molecule has 5 heteroatoms. The molecule has 0 aromatic heterocycles. The third-order valence-corrected chi connectivity index (χ3v) is 5.27. The molecule has 1 fully saturated rings.